The van der Waals surface area contributed by atoms with Crippen molar-refractivity contribution < 1.29 is 27.4 Å². The van der Waals surface area contributed by atoms with Crippen molar-refractivity contribution in [2.75, 3.05) is 6.54 Å². The third-order valence-electron chi connectivity index (χ3n) is 2.47. The second-order valence-electron chi connectivity index (χ2n) is 5.67. The van der Waals surface area contributed by atoms with E-state index in [4.69, 9.17) is 10.00 Å². The summed E-state index contributed by atoms with van der Waals surface area (Å²) in [5.74, 6) is -0.560. The number of alkyl carbamates (subject to hydrolysis) is 1. The molecule has 0 unspecified atom stereocenters. The minimum absolute atomic E-state index is 0.173. The van der Waals surface area contributed by atoms with Crippen LogP contribution >= 0.6 is 0 Å². The van der Waals surface area contributed by atoms with Crippen LogP contribution in [0.5, 0.6) is 5.75 Å². The summed E-state index contributed by atoms with van der Waals surface area (Å²) in [7, 11) is 0. The molecular weight excluding hydrogens is 313 g/mol. The van der Waals surface area contributed by atoms with E-state index in [2.05, 4.69) is 10.1 Å². The number of amides is 1. The summed E-state index contributed by atoms with van der Waals surface area (Å²) in [6.07, 6.45) is -5.23. The molecule has 0 radical (unpaired) electrons. The Bertz CT molecular complexity index is 601. The number of halogens is 3. The van der Waals surface area contributed by atoms with Gasteiger partial charge in [0.05, 0.1) is 5.56 Å². The largest absolute Gasteiger partial charge is 0.573 e. The Morgan fingerprint density at radius 2 is 1.96 bits per heavy atom. The van der Waals surface area contributed by atoms with E-state index in [0.29, 0.717) is 5.56 Å². The number of carbonyl (C=O) groups is 1. The van der Waals surface area contributed by atoms with Gasteiger partial charge < -0.3 is 14.8 Å². The summed E-state index contributed by atoms with van der Waals surface area (Å²) in [5, 5.41) is 11.3. The molecule has 5 nitrogen and oxygen atoms in total. The van der Waals surface area contributed by atoms with Crippen LogP contribution in [-0.2, 0) is 11.2 Å². The average Bonchev–Trinajstić information content (AvgIpc) is 2.35. The summed E-state index contributed by atoms with van der Waals surface area (Å²) in [6.45, 7) is 5.32. The van der Waals surface area contributed by atoms with Crippen molar-refractivity contribution in [1.29, 1.82) is 5.26 Å². The molecule has 1 N–H and O–H groups in total. The van der Waals surface area contributed by atoms with Crippen LogP contribution in [0.3, 0.4) is 0 Å². The SMILES string of the molecule is CC(C)(C)OC(=O)NCCc1ccc(C#N)c(OC(F)(F)F)c1. The van der Waals surface area contributed by atoms with Gasteiger partial charge in [-0.15, -0.1) is 13.2 Å². The molecule has 0 saturated heterocycles. The zero-order valence-corrected chi connectivity index (χ0v) is 13.0. The minimum Gasteiger partial charge on any atom is -0.444 e. The summed E-state index contributed by atoms with van der Waals surface area (Å²) >= 11 is 0. The van der Waals surface area contributed by atoms with Gasteiger partial charge in [-0.05, 0) is 44.9 Å². The van der Waals surface area contributed by atoms with Crippen molar-refractivity contribution in [2.24, 2.45) is 0 Å². The Labute approximate surface area is 132 Å². The number of ether oxygens (including phenoxy) is 2. The number of nitrogens with zero attached hydrogens (tertiary/aromatic N) is 1. The van der Waals surface area contributed by atoms with Crippen LogP contribution in [0.25, 0.3) is 0 Å². The van der Waals surface area contributed by atoms with Crippen molar-refractivity contribution in [3.63, 3.8) is 0 Å². The van der Waals surface area contributed by atoms with Gasteiger partial charge >= 0.3 is 12.5 Å². The molecule has 1 amide bonds. The number of hydrogen-bond acceptors (Lipinski definition) is 4. The highest BCUT2D eigenvalue weighted by atomic mass is 19.4. The zero-order chi connectivity index (χ0) is 17.7. The number of hydrogen-bond donors (Lipinski definition) is 1. The van der Waals surface area contributed by atoms with Crippen molar-refractivity contribution in [3.05, 3.63) is 29.3 Å². The maximum atomic E-state index is 12.3. The molecule has 8 heteroatoms. The van der Waals surface area contributed by atoms with Gasteiger partial charge in [0.2, 0.25) is 0 Å². The van der Waals surface area contributed by atoms with Gasteiger partial charge in [-0.2, -0.15) is 5.26 Å². The standard InChI is InChI=1S/C15H17F3N2O3/c1-14(2,3)23-13(21)20-7-6-10-4-5-11(9-19)12(8-10)22-15(16,17)18/h4-5,8H,6-7H2,1-3H3,(H,20,21). The van der Waals surface area contributed by atoms with Crippen LogP contribution < -0.4 is 10.1 Å². The highest BCUT2D eigenvalue weighted by Crippen LogP contribution is 2.27. The van der Waals surface area contributed by atoms with E-state index < -0.39 is 23.8 Å². The molecule has 0 heterocycles. The fraction of sp³-hybridized carbons (Fsp3) is 0.467. The third-order valence-corrected chi connectivity index (χ3v) is 2.47. The number of benzene rings is 1. The molecule has 0 aliphatic carbocycles. The molecular formula is C15H17F3N2O3. The van der Waals surface area contributed by atoms with E-state index in [1.807, 2.05) is 0 Å². The molecule has 1 rings (SSSR count). The number of nitrogens with one attached hydrogen (secondary N) is 1. The lowest BCUT2D eigenvalue weighted by molar-refractivity contribution is -0.274. The Kier molecular flexibility index (Phi) is 5.85. The van der Waals surface area contributed by atoms with Gasteiger partial charge in [-0.1, -0.05) is 6.07 Å². The molecule has 1 aromatic carbocycles. The molecule has 0 aliphatic rings. The van der Waals surface area contributed by atoms with E-state index in [9.17, 15) is 18.0 Å². The number of nitriles is 1. The molecule has 0 atom stereocenters. The Balaban J connectivity index is 2.66. The first-order chi connectivity index (χ1) is 10.5. The van der Waals surface area contributed by atoms with Gasteiger partial charge in [0.15, 0.2) is 0 Å². The smallest absolute Gasteiger partial charge is 0.444 e. The van der Waals surface area contributed by atoms with E-state index in [1.165, 1.54) is 12.1 Å². The predicted octanol–water partition coefficient (Wildman–Crippen LogP) is 3.52. The van der Waals surface area contributed by atoms with E-state index >= 15 is 0 Å². The number of carbonyl (C=O) groups excluding carboxylic acids is 1. The van der Waals surface area contributed by atoms with Crippen LogP contribution in [0.2, 0.25) is 0 Å². The van der Waals surface area contributed by atoms with Gasteiger partial charge in [-0.3, -0.25) is 0 Å². The maximum Gasteiger partial charge on any atom is 0.573 e. The molecule has 23 heavy (non-hydrogen) atoms. The predicted molar refractivity (Wildman–Crippen MR) is 75.8 cm³/mol. The first-order valence-corrected chi connectivity index (χ1v) is 6.76. The summed E-state index contributed by atoms with van der Waals surface area (Å²) in [4.78, 5) is 11.5. The van der Waals surface area contributed by atoms with E-state index in [0.717, 1.165) is 6.07 Å². The van der Waals surface area contributed by atoms with Crippen molar-refractivity contribution >= 4 is 6.09 Å². The topological polar surface area (TPSA) is 71.3 Å². The van der Waals surface area contributed by atoms with Crippen LogP contribution in [-0.4, -0.2) is 24.6 Å². The number of rotatable bonds is 4. The fourth-order valence-electron chi connectivity index (χ4n) is 1.65. The molecule has 0 spiro atoms. The Morgan fingerprint density at radius 3 is 2.48 bits per heavy atom. The lowest BCUT2D eigenvalue weighted by Gasteiger charge is -2.19. The molecule has 0 aromatic heterocycles. The normalized spacial score (nSPS) is 11.5. The van der Waals surface area contributed by atoms with Crippen LogP contribution in [0.1, 0.15) is 31.9 Å². The second-order valence-corrected chi connectivity index (χ2v) is 5.67. The monoisotopic (exact) mass is 330 g/mol. The zero-order valence-electron chi connectivity index (χ0n) is 13.0. The minimum atomic E-state index is -4.88. The molecule has 0 bridgehead atoms. The summed E-state index contributed by atoms with van der Waals surface area (Å²) < 4.78 is 45.8. The molecule has 126 valence electrons. The molecule has 0 fully saturated rings. The Hall–Kier alpha value is -2.43. The lowest BCUT2D eigenvalue weighted by atomic mass is 10.1. The van der Waals surface area contributed by atoms with Crippen LogP contribution in [0, 0.1) is 11.3 Å². The summed E-state index contributed by atoms with van der Waals surface area (Å²) in [6, 6.07) is 5.50. The van der Waals surface area contributed by atoms with Gasteiger partial charge in [-0.25, -0.2) is 4.79 Å². The van der Waals surface area contributed by atoms with Gasteiger partial charge in [0.1, 0.15) is 17.4 Å². The average molecular weight is 330 g/mol. The molecule has 1 aromatic rings. The van der Waals surface area contributed by atoms with Crippen molar-refractivity contribution in [1.82, 2.24) is 5.32 Å². The van der Waals surface area contributed by atoms with Crippen molar-refractivity contribution in [3.8, 4) is 11.8 Å². The third kappa shape index (κ3) is 7.40. The Morgan fingerprint density at radius 1 is 1.30 bits per heavy atom. The first-order valence-electron chi connectivity index (χ1n) is 6.76. The fourth-order valence-corrected chi connectivity index (χ4v) is 1.65. The summed E-state index contributed by atoms with van der Waals surface area (Å²) in [5.41, 5.74) is -0.364. The molecule has 0 saturated carbocycles. The lowest BCUT2D eigenvalue weighted by Crippen LogP contribution is -2.33. The molecule has 0 aliphatic heterocycles. The number of alkyl halides is 3. The maximum absolute atomic E-state index is 12.3. The first kappa shape index (κ1) is 18.6. The van der Waals surface area contributed by atoms with Crippen molar-refractivity contribution in [2.45, 2.75) is 39.2 Å². The van der Waals surface area contributed by atoms with Gasteiger partial charge in [0.25, 0.3) is 0 Å². The highest BCUT2D eigenvalue weighted by molar-refractivity contribution is 5.67. The second kappa shape index (κ2) is 7.22. The van der Waals surface area contributed by atoms with Crippen LogP contribution in [0.15, 0.2) is 18.2 Å². The van der Waals surface area contributed by atoms with E-state index in [-0.39, 0.29) is 18.5 Å². The quantitative estimate of drug-likeness (QED) is 0.917. The van der Waals surface area contributed by atoms with Crippen LogP contribution in [0.4, 0.5) is 18.0 Å². The van der Waals surface area contributed by atoms with Gasteiger partial charge in [0, 0.05) is 6.54 Å². The highest BCUT2D eigenvalue weighted by Gasteiger charge is 2.32. The van der Waals surface area contributed by atoms with E-state index in [1.54, 1.807) is 26.8 Å².